The number of amides is 1. The predicted molar refractivity (Wildman–Crippen MR) is 103 cm³/mol. The predicted octanol–water partition coefficient (Wildman–Crippen LogP) is 4.20. The Morgan fingerprint density at radius 3 is 2.29 bits per heavy atom. The third-order valence-corrected chi connectivity index (χ3v) is 4.49. The first-order chi connectivity index (χ1) is 13.2. The summed E-state index contributed by atoms with van der Waals surface area (Å²) in [7, 11) is 0. The van der Waals surface area contributed by atoms with Crippen LogP contribution in [0.15, 0.2) is 48.5 Å². The Morgan fingerprint density at radius 1 is 1.11 bits per heavy atom. The summed E-state index contributed by atoms with van der Waals surface area (Å²) in [6.45, 7) is 3.09. The van der Waals surface area contributed by atoms with Gasteiger partial charge in [0.25, 0.3) is 5.91 Å². The van der Waals surface area contributed by atoms with E-state index >= 15 is 0 Å². The second-order valence-corrected chi connectivity index (χ2v) is 7.62. The standard InChI is InChI=1S/C21H21ClFNO4/c1-21(2,28-17-11-5-14(22)6-12-17)20(26)27-18(19(25)24-16-9-10-16)13-3-7-15(23)8-4-13/h3-8,11-12,16,18H,9-10H2,1-2H3,(H,24,25). The summed E-state index contributed by atoms with van der Waals surface area (Å²) >= 11 is 5.86. The summed E-state index contributed by atoms with van der Waals surface area (Å²) in [5.74, 6) is -1.16. The highest BCUT2D eigenvalue weighted by atomic mass is 35.5. The van der Waals surface area contributed by atoms with Gasteiger partial charge in [0.05, 0.1) is 0 Å². The molecule has 2 aromatic rings. The Labute approximate surface area is 167 Å². The summed E-state index contributed by atoms with van der Waals surface area (Å²) in [5.41, 5.74) is -0.971. The van der Waals surface area contributed by atoms with E-state index < -0.39 is 29.4 Å². The van der Waals surface area contributed by atoms with E-state index in [-0.39, 0.29) is 6.04 Å². The number of esters is 1. The monoisotopic (exact) mass is 405 g/mol. The number of hydrogen-bond donors (Lipinski definition) is 1. The molecule has 148 valence electrons. The molecule has 28 heavy (non-hydrogen) atoms. The fourth-order valence-electron chi connectivity index (χ4n) is 2.50. The molecular formula is C21H21ClFNO4. The number of rotatable bonds is 7. The number of carbonyl (C=O) groups is 2. The summed E-state index contributed by atoms with van der Waals surface area (Å²) in [6.07, 6.45) is 0.587. The second-order valence-electron chi connectivity index (χ2n) is 7.19. The van der Waals surface area contributed by atoms with E-state index in [1.54, 1.807) is 38.1 Å². The van der Waals surface area contributed by atoms with Crippen LogP contribution in [-0.2, 0) is 14.3 Å². The lowest BCUT2D eigenvalue weighted by Gasteiger charge is -2.27. The van der Waals surface area contributed by atoms with Crippen LogP contribution in [0.1, 0.15) is 38.4 Å². The Bertz CT molecular complexity index is 848. The van der Waals surface area contributed by atoms with Gasteiger partial charge in [-0.1, -0.05) is 23.7 Å². The van der Waals surface area contributed by atoms with E-state index in [9.17, 15) is 14.0 Å². The highest BCUT2D eigenvalue weighted by Crippen LogP contribution is 2.27. The molecule has 0 saturated heterocycles. The van der Waals surface area contributed by atoms with Crippen LogP contribution in [0.3, 0.4) is 0 Å². The number of hydrogen-bond acceptors (Lipinski definition) is 4. The van der Waals surface area contributed by atoms with Crippen molar-refractivity contribution in [3.05, 3.63) is 64.9 Å². The Balaban J connectivity index is 1.75. The van der Waals surface area contributed by atoms with E-state index in [1.807, 2.05) is 0 Å². The largest absolute Gasteiger partial charge is 0.476 e. The molecule has 0 aromatic heterocycles. The van der Waals surface area contributed by atoms with Gasteiger partial charge in [0, 0.05) is 16.6 Å². The number of carbonyl (C=O) groups excluding carboxylic acids is 2. The second kappa shape index (κ2) is 8.19. The molecule has 1 aliphatic carbocycles. The van der Waals surface area contributed by atoms with Crippen molar-refractivity contribution in [1.29, 1.82) is 0 Å². The topological polar surface area (TPSA) is 64.6 Å². The van der Waals surface area contributed by atoms with Gasteiger partial charge < -0.3 is 14.8 Å². The lowest BCUT2D eigenvalue weighted by atomic mass is 10.1. The van der Waals surface area contributed by atoms with Gasteiger partial charge in [-0.2, -0.15) is 0 Å². The van der Waals surface area contributed by atoms with Crippen LogP contribution < -0.4 is 10.1 Å². The summed E-state index contributed by atoms with van der Waals surface area (Å²) < 4.78 is 24.5. The molecule has 0 spiro atoms. The highest BCUT2D eigenvalue weighted by molar-refractivity contribution is 6.30. The molecule has 1 unspecified atom stereocenters. The van der Waals surface area contributed by atoms with Gasteiger partial charge in [-0.05, 0) is 63.1 Å². The fourth-order valence-corrected chi connectivity index (χ4v) is 2.63. The lowest BCUT2D eigenvalue weighted by molar-refractivity contribution is -0.169. The maximum absolute atomic E-state index is 13.3. The molecule has 1 fully saturated rings. The van der Waals surface area contributed by atoms with Gasteiger partial charge >= 0.3 is 5.97 Å². The van der Waals surface area contributed by atoms with Crippen molar-refractivity contribution < 1.29 is 23.5 Å². The van der Waals surface area contributed by atoms with Gasteiger partial charge in [0.2, 0.25) is 6.10 Å². The maximum Gasteiger partial charge on any atom is 0.351 e. The van der Waals surface area contributed by atoms with E-state index in [2.05, 4.69) is 5.32 Å². The molecule has 0 bridgehead atoms. The molecule has 5 nitrogen and oxygen atoms in total. The molecule has 1 atom stereocenters. The van der Waals surface area contributed by atoms with Gasteiger partial charge in [-0.25, -0.2) is 9.18 Å². The van der Waals surface area contributed by atoms with Crippen LogP contribution in [0, 0.1) is 5.82 Å². The quantitative estimate of drug-likeness (QED) is 0.701. The normalized spacial score (nSPS) is 14.9. The smallest absolute Gasteiger partial charge is 0.351 e. The molecule has 1 saturated carbocycles. The minimum atomic E-state index is -1.36. The molecule has 1 amide bonds. The first-order valence-electron chi connectivity index (χ1n) is 8.96. The van der Waals surface area contributed by atoms with Crippen molar-refractivity contribution in [2.75, 3.05) is 0 Å². The average molecular weight is 406 g/mol. The molecule has 7 heteroatoms. The first kappa shape index (κ1) is 20.1. The summed E-state index contributed by atoms with van der Waals surface area (Å²) in [6, 6.07) is 11.9. The molecule has 1 aliphatic rings. The first-order valence-corrected chi connectivity index (χ1v) is 9.34. The fraction of sp³-hybridized carbons (Fsp3) is 0.333. The zero-order chi connectivity index (χ0) is 20.3. The molecule has 2 aromatic carbocycles. The SMILES string of the molecule is CC(C)(Oc1ccc(Cl)cc1)C(=O)OC(C(=O)NC1CC1)c1ccc(F)cc1. The third-order valence-electron chi connectivity index (χ3n) is 4.24. The van der Waals surface area contributed by atoms with Crippen LogP contribution in [0.5, 0.6) is 5.75 Å². The Hall–Kier alpha value is -2.60. The maximum atomic E-state index is 13.3. The van der Waals surface area contributed by atoms with Crippen LogP contribution in [-0.4, -0.2) is 23.5 Å². The molecule has 1 N–H and O–H groups in total. The third kappa shape index (κ3) is 5.23. The van der Waals surface area contributed by atoms with Crippen molar-refractivity contribution in [3.8, 4) is 5.75 Å². The van der Waals surface area contributed by atoms with Crippen LogP contribution >= 0.6 is 11.6 Å². The van der Waals surface area contributed by atoms with Crippen LogP contribution in [0.25, 0.3) is 0 Å². The van der Waals surface area contributed by atoms with Crippen molar-refractivity contribution in [2.45, 2.75) is 44.4 Å². The van der Waals surface area contributed by atoms with Crippen molar-refractivity contribution >= 4 is 23.5 Å². The van der Waals surface area contributed by atoms with Crippen molar-refractivity contribution in [1.82, 2.24) is 5.32 Å². The van der Waals surface area contributed by atoms with Crippen molar-refractivity contribution in [2.24, 2.45) is 0 Å². The molecular weight excluding hydrogens is 385 g/mol. The van der Waals surface area contributed by atoms with Crippen molar-refractivity contribution in [3.63, 3.8) is 0 Å². The molecule has 3 rings (SSSR count). The lowest BCUT2D eigenvalue weighted by Crippen LogP contribution is -2.43. The molecule has 0 radical (unpaired) electrons. The summed E-state index contributed by atoms with van der Waals surface area (Å²) in [5, 5.41) is 3.36. The molecule has 0 aliphatic heterocycles. The number of ether oxygens (including phenoxy) is 2. The molecule has 0 heterocycles. The van der Waals surface area contributed by atoms with Gasteiger partial charge in [-0.3, -0.25) is 4.79 Å². The van der Waals surface area contributed by atoms with E-state index in [0.717, 1.165) is 12.8 Å². The highest BCUT2D eigenvalue weighted by Gasteiger charge is 2.37. The van der Waals surface area contributed by atoms with Gasteiger partial charge in [-0.15, -0.1) is 0 Å². The number of benzene rings is 2. The van der Waals surface area contributed by atoms with Gasteiger partial charge in [0.15, 0.2) is 5.60 Å². The van der Waals surface area contributed by atoms with Crippen LogP contribution in [0.4, 0.5) is 4.39 Å². The van der Waals surface area contributed by atoms with Gasteiger partial charge in [0.1, 0.15) is 11.6 Å². The minimum Gasteiger partial charge on any atom is -0.476 e. The Morgan fingerprint density at radius 2 is 1.71 bits per heavy atom. The minimum absolute atomic E-state index is 0.0903. The zero-order valence-corrected chi connectivity index (χ0v) is 16.3. The zero-order valence-electron chi connectivity index (χ0n) is 15.6. The number of nitrogens with one attached hydrogen (secondary N) is 1. The van der Waals surface area contributed by atoms with E-state index in [0.29, 0.717) is 16.3 Å². The van der Waals surface area contributed by atoms with Crippen LogP contribution in [0.2, 0.25) is 5.02 Å². The van der Waals surface area contributed by atoms with E-state index in [1.165, 1.54) is 24.3 Å². The summed E-state index contributed by atoms with van der Waals surface area (Å²) in [4.78, 5) is 25.4. The Kier molecular flexibility index (Phi) is 5.89. The number of halogens is 2. The average Bonchev–Trinajstić information content (AvgIpc) is 3.46. The van der Waals surface area contributed by atoms with E-state index in [4.69, 9.17) is 21.1 Å².